The van der Waals surface area contributed by atoms with Gasteiger partial charge in [0.1, 0.15) is 0 Å². The van der Waals surface area contributed by atoms with Crippen molar-refractivity contribution in [2.24, 2.45) is 0 Å². The molecular formula is C13H20N2O. The average Bonchev–Trinajstić information content (AvgIpc) is 2.19. The van der Waals surface area contributed by atoms with Gasteiger partial charge in [-0.2, -0.15) is 0 Å². The zero-order valence-electron chi connectivity index (χ0n) is 10.2. The fraction of sp³-hybridized carbons (Fsp3) is 0.462. The molecule has 0 radical (unpaired) electrons. The molecule has 0 saturated heterocycles. The quantitative estimate of drug-likeness (QED) is 0.791. The Bertz CT molecular complexity index is 348. The van der Waals surface area contributed by atoms with Crippen molar-refractivity contribution in [3.8, 4) is 0 Å². The molecule has 88 valence electrons. The van der Waals surface area contributed by atoms with Gasteiger partial charge in [0, 0.05) is 12.6 Å². The third-order valence-corrected chi connectivity index (χ3v) is 2.31. The molecule has 0 aliphatic rings. The van der Waals surface area contributed by atoms with Crippen LogP contribution in [-0.4, -0.2) is 18.5 Å². The Balaban J connectivity index is 2.31. The Hall–Kier alpha value is -1.35. The number of carbonyl (C=O) groups is 1. The summed E-state index contributed by atoms with van der Waals surface area (Å²) >= 11 is 0. The molecule has 3 heteroatoms. The van der Waals surface area contributed by atoms with E-state index in [1.807, 2.05) is 26.0 Å². The maximum absolute atomic E-state index is 11.4. The number of amides is 1. The molecule has 0 fully saturated rings. The Morgan fingerprint density at radius 3 is 2.62 bits per heavy atom. The molecule has 1 amide bonds. The predicted octanol–water partition coefficient (Wildman–Crippen LogP) is 1.61. The summed E-state index contributed by atoms with van der Waals surface area (Å²) in [6.07, 6.45) is 0. The first kappa shape index (κ1) is 12.7. The molecule has 0 aliphatic heterocycles. The van der Waals surface area contributed by atoms with Crippen LogP contribution in [0.15, 0.2) is 24.3 Å². The number of hydrogen-bond acceptors (Lipinski definition) is 2. The van der Waals surface area contributed by atoms with Gasteiger partial charge in [0.05, 0.1) is 6.54 Å². The van der Waals surface area contributed by atoms with Gasteiger partial charge in [0.15, 0.2) is 0 Å². The number of rotatable bonds is 5. The lowest BCUT2D eigenvalue weighted by Crippen LogP contribution is -2.37. The summed E-state index contributed by atoms with van der Waals surface area (Å²) in [4.78, 5) is 11.4. The van der Waals surface area contributed by atoms with Gasteiger partial charge < -0.3 is 10.6 Å². The zero-order valence-corrected chi connectivity index (χ0v) is 10.2. The third-order valence-electron chi connectivity index (χ3n) is 2.31. The van der Waals surface area contributed by atoms with E-state index in [-0.39, 0.29) is 11.9 Å². The molecule has 16 heavy (non-hydrogen) atoms. The molecule has 0 unspecified atom stereocenters. The lowest BCUT2D eigenvalue weighted by atomic mass is 10.1. The van der Waals surface area contributed by atoms with E-state index in [0.29, 0.717) is 6.54 Å². The maximum atomic E-state index is 11.4. The van der Waals surface area contributed by atoms with Crippen molar-refractivity contribution >= 4 is 5.91 Å². The van der Waals surface area contributed by atoms with Crippen LogP contribution in [-0.2, 0) is 11.3 Å². The molecule has 1 rings (SSSR count). The fourth-order valence-corrected chi connectivity index (χ4v) is 1.49. The third kappa shape index (κ3) is 4.45. The van der Waals surface area contributed by atoms with Crippen molar-refractivity contribution in [1.82, 2.24) is 10.6 Å². The second-order valence-electron chi connectivity index (χ2n) is 4.25. The van der Waals surface area contributed by atoms with Crippen LogP contribution in [0.5, 0.6) is 0 Å². The highest BCUT2D eigenvalue weighted by Crippen LogP contribution is 2.05. The number of nitrogens with one attached hydrogen (secondary N) is 2. The van der Waals surface area contributed by atoms with Crippen molar-refractivity contribution in [2.45, 2.75) is 33.4 Å². The van der Waals surface area contributed by atoms with Crippen LogP contribution >= 0.6 is 0 Å². The minimum Gasteiger partial charge on any atom is -0.353 e. The Morgan fingerprint density at radius 1 is 1.31 bits per heavy atom. The largest absolute Gasteiger partial charge is 0.353 e. The molecule has 0 bridgehead atoms. The van der Waals surface area contributed by atoms with Gasteiger partial charge in [-0.3, -0.25) is 4.79 Å². The van der Waals surface area contributed by atoms with Crippen molar-refractivity contribution in [3.63, 3.8) is 0 Å². The molecule has 0 heterocycles. The van der Waals surface area contributed by atoms with Gasteiger partial charge in [-0.05, 0) is 31.9 Å². The Morgan fingerprint density at radius 2 is 2.00 bits per heavy atom. The summed E-state index contributed by atoms with van der Waals surface area (Å²) < 4.78 is 0. The van der Waals surface area contributed by atoms with E-state index in [1.165, 1.54) is 11.1 Å². The number of hydrogen-bond donors (Lipinski definition) is 2. The fourth-order valence-electron chi connectivity index (χ4n) is 1.49. The molecule has 0 saturated carbocycles. The van der Waals surface area contributed by atoms with Crippen LogP contribution in [0, 0.1) is 6.92 Å². The second kappa shape index (κ2) is 6.28. The van der Waals surface area contributed by atoms with Gasteiger partial charge in [0.25, 0.3) is 0 Å². The van der Waals surface area contributed by atoms with Gasteiger partial charge in [-0.15, -0.1) is 0 Å². The molecule has 3 nitrogen and oxygen atoms in total. The first-order valence-electron chi connectivity index (χ1n) is 5.64. The number of aryl methyl sites for hydroxylation is 1. The number of carbonyl (C=O) groups excluding carboxylic acids is 1. The summed E-state index contributed by atoms with van der Waals surface area (Å²) in [5.74, 6) is 0.0450. The van der Waals surface area contributed by atoms with E-state index in [0.717, 1.165) is 6.54 Å². The molecule has 2 N–H and O–H groups in total. The predicted molar refractivity (Wildman–Crippen MR) is 66.2 cm³/mol. The van der Waals surface area contributed by atoms with Crippen molar-refractivity contribution in [1.29, 1.82) is 0 Å². The van der Waals surface area contributed by atoms with Crippen LogP contribution in [0.2, 0.25) is 0 Å². The molecule has 0 aromatic heterocycles. The van der Waals surface area contributed by atoms with E-state index in [2.05, 4.69) is 29.7 Å². The van der Waals surface area contributed by atoms with Gasteiger partial charge in [-0.25, -0.2) is 0 Å². The Kier molecular flexibility index (Phi) is 4.99. The van der Waals surface area contributed by atoms with Crippen LogP contribution < -0.4 is 10.6 Å². The Labute approximate surface area is 97.2 Å². The SMILES string of the molecule is Cc1ccccc1CNCC(=O)NC(C)C. The van der Waals surface area contributed by atoms with E-state index in [9.17, 15) is 4.79 Å². The lowest BCUT2D eigenvalue weighted by Gasteiger charge is -2.10. The highest BCUT2D eigenvalue weighted by molar-refractivity contribution is 5.78. The second-order valence-corrected chi connectivity index (χ2v) is 4.25. The summed E-state index contributed by atoms with van der Waals surface area (Å²) in [6.45, 7) is 7.09. The average molecular weight is 220 g/mol. The lowest BCUT2D eigenvalue weighted by molar-refractivity contribution is -0.120. The zero-order chi connectivity index (χ0) is 12.0. The summed E-state index contributed by atoms with van der Waals surface area (Å²) in [5, 5.41) is 5.98. The van der Waals surface area contributed by atoms with E-state index in [4.69, 9.17) is 0 Å². The van der Waals surface area contributed by atoms with Gasteiger partial charge in [0.2, 0.25) is 5.91 Å². The van der Waals surface area contributed by atoms with Crippen LogP contribution in [0.25, 0.3) is 0 Å². The van der Waals surface area contributed by atoms with Gasteiger partial charge >= 0.3 is 0 Å². The topological polar surface area (TPSA) is 41.1 Å². The summed E-state index contributed by atoms with van der Waals surface area (Å²) in [5.41, 5.74) is 2.49. The number of benzene rings is 1. The van der Waals surface area contributed by atoms with E-state index < -0.39 is 0 Å². The molecule has 0 aliphatic carbocycles. The molecule has 1 aromatic carbocycles. The summed E-state index contributed by atoms with van der Waals surface area (Å²) in [7, 11) is 0. The van der Waals surface area contributed by atoms with Crippen LogP contribution in [0.1, 0.15) is 25.0 Å². The van der Waals surface area contributed by atoms with E-state index in [1.54, 1.807) is 0 Å². The minimum absolute atomic E-state index is 0.0450. The minimum atomic E-state index is 0.0450. The van der Waals surface area contributed by atoms with Crippen LogP contribution in [0.4, 0.5) is 0 Å². The smallest absolute Gasteiger partial charge is 0.234 e. The first-order chi connectivity index (χ1) is 7.59. The molecule has 1 aromatic rings. The molecule has 0 atom stereocenters. The monoisotopic (exact) mass is 220 g/mol. The van der Waals surface area contributed by atoms with E-state index >= 15 is 0 Å². The molecular weight excluding hydrogens is 200 g/mol. The standard InChI is InChI=1S/C13H20N2O/c1-10(2)15-13(16)9-14-8-12-7-5-4-6-11(12)3/h4-7,10,14H,8-9H2,1-3H3,(H,15,16). The normalized spacial score (nSPS) is 10.5. The highest BCUT2D eigenvalue weighted by Gasteiger charge is 2.02. The summed E-state index contributed by atoms with van der Waals surface area (Å²) in [6, 6.07) is 8.38. The van der Waals surface area contributed by atoms with Crippen molar-refractivity contribution in [3.05, 3.63) is 35.4 Å². The van der Waals surface area contributed by atoms with Gasteiger partial charge in [-0.1, -0.05) is 24.3 Å². The van der Waals surface area contributed by atoms with Crippen molar-refractivity contribution < 1.29 is 4.79 Å². The molecule has 0 spiro atoms. The van der Waals surface area contributed by atoms with Crippen LogP contribution in [0.3, 0.4) is 0 Å². The first-order valence-corrected chi connectivity index (χ1v) is 5.64. The highest BCUT2D eigenvalue weighted by atomic mass is 16.1. The van der Waals surface area contributed by atoms with Crippen molar-refractivity contribution in [2.75, 3.05) is 6.54 Å². The maximum Gasteiger partial charge on any atom is 0.234 e.